The molecule has 2 heteroatoms. The van der Waals surface area contributed by atoms with Crippen LogP contribution in [0.1, 0.15) is 78.6 Å². The Bertz CT molecular complexity index is 207. The lowest BCUT2D eigenvalue weighted by Gasteiger charge is -2.31. The van der Waals surface area contributed by atoms with Crippen LogP contribution in [0.4, 0.5) is 0 Å². The molecule has 19 heavy (non-hydrogen) atoms. The van der Waals surface area contributed by atoms with Crippen LogP contribution in [-0.4, -0.2) is 25.3 Å². The Hall–Kier alpha value is -0.0800. The van der Waals surface area contributed by atoms with E-state index in [0.29, 0.717) is 12.1 Å². The molecule has 0 radical (unpaired) electrons. The maximum Gasteiger partial charge on any atom is 0.0590 e. The van der Waals surface area contributed by atoms with Crippen LogP contribution in [0.2, 0.25) is 0 Å². The molecular formula is C17H35NO. The van der Waals surface area contributed by atoms with Crippen molar-refractivity contribution in [1.82, 2.24) is 5.32 Å². The lowest BCUT2D eigenvalue weighted by molar-refractivity contribution is -0.00189. The Morgan fingerprint density at radius 2 is 2.00 bits per heavy atom. The molecule has 0 amide bonds. The fourth-order valence-electron chi connectivity index (χ4n) is 3.00. The molecule has 0 aromatic rings. The van der Waals surface area contributed by atoms with Gasteiger partial charge in [0.25, 0.3) is 0 Å². The van der Waals surface area contributed by atoms with Gasteiger partial charge >= 0.3 is 0 Å². The molecule has 114 valence electrons. The molecule has 3 unspecified atom stereocenters. The number of unbranched alkanes of at least 4 members (excludes halogenated alkanes) is 1. The normalized spacial score (nSPS) is 25.4. The van der Waals surface area contributed by atoms with Gasteiger partial charge in [0.05, 0.1) is 6.10 Å². The number of hydrogen-bond acceptors (Lipinski definition) is 2. The van der Waals surface area contributed by atoms with Gasteiger partial charge in [0, 0.05) is 12.6 Å². The summed E-state index contributed by atoms with van der Waals surface area (Å²) in [5, 5.41) is 3.66. The Labute approximate surface area is 120 Å². The second-order valence-corrected chi connectivity index (χ2v) is 6.19. The minimum Gasteiger partial charge on any atom is -0.378 e. The van der Waals surface area contributed by atoms with Crippen molar-refractivity contribution >= 4 is 0 Å². The first kappa shape index (κ1) is 17.0. The molecule has 1 rings (SSSR count). The van der Waals surface area contributed by atoms with Crippen molar-refractivity contribution in [2.24, 2.45) is 5.92 Å². The summed E-state index contributed by atoms with van der Waals surface area (Å²) >= 11 is 0. The van der Waals surface area contributed by atoms with Crippen molar-refractivity contribution in [2.75, 3.05) is 13.2 Å². The third kappa shape index (κ3) is 7.31. The van der Waals surface area contributed by atoms with Gasteiger partial charge in [-0.1, -0.05) is 40.0 Å². The molecule has 2 nitrogen and oxygen atoms in total. The SMILES string of the molecule is CCCCC(CC)COC1CCCC(NCCC)C1. The van der Waals surface area contributed by atoms with Gasteiger partial charge in [-0.3, -0.25) is 0 Å². The highest BCUT2D eigenvalue weighted by molar-refractivity contribution is 4.78. The van der Waals surface area contributed by atoms with Crippen LogP contribution < -0.4 is 5.32 Å². The predicted molar refractivity (Wildman–Crippen MR) is 83.6 cm³/mol. The zero-order valence-electron chi connectivity index (χ0n) is 13.4. The van der Waals surface area contributed by atoms with E-state index in [0.717, 1.165) is 19.1 Å². The third-order valence-electron chi connectivity index (χ3n) is 4.42. The van der Waals surface area contributed by atoms with Gasteiger partial charge in [-0.15, -0.1) is 0 Å². The van der Waals surface area contributed by atoms with E-state index >= 15 is 0 Å². The van der Waals surface area contributed by atoms with Gasteiger partial charge in [0.2, 0.25) is 0 Å². The molecule has 0 aromatic carbocycles. The topological polar surface area (TPSA) is 21.3 Å². The predicted octanol–water partition coefficient (Wildman–Crippen LogP) is 4.53. The van der Waals surface area contributed by atoms with Gasteiger partial charge in [0.1, 0.15) is 0 Å². The van der Waals surface area contributed by atoms with Crippen LogP contribution in [0.3, 0.4) is 0 Å². The average Bonchev–Trinajstić information content (AvgIpc) is 2.46. The van der Waals surface area contributed by atoms with Crippen LogP contribution in [-0.2, 0) is 4.74 Å². The zero-order valence-corrected chi connectivity index (χ0v) is 13.4. The molecule has 1 aliphatic carbocycles. The van der Waals surface area contributed by atoms with E-state index in [1.165, 1.54) is 57.8 Å². The van der Waals surface area contributed by atoms with E-state index in [2.05, 4.69) is 26.1 Å². The number of ether oxygens (including phenoxy) is 1. The second-order valence-electron chi connectivity index (χ2n) is 6.19. The standard InChI is InChI=1S/C17H35NO/c1-4-7-9-15(6-3)14-19-17-11-8-10-16(13-17)18-12-5-2/h15-18H,4-14H2,1-3H3. The maximum atomic E-state index is 6.20. The van der Waals surface area contributed by atoms with Crippen molar-refractivity contribution in [2.45, 2.75) is 90.7 Å². The van der Waals surface area contributed by atoms with Crippen LogP contribution in [0.25, 0.3) is 0 Å². The van der Waals surface area contributed by atoms with Crippen molar-refractivity contribution in [1.29, 1.82) is 0 Å². The number of hydrogen-bond donors (Lipinski definition) is 1. The summed E-state index contributed by atoms with van der Waals surface area (Å²) in [6, 6.07) is 0.703. The van der Waals surface area contributed by atoms with Crippen LogP contribution in [0.15, 0.2) is 0 Å². The molecule has 0 bridgehead atoms. The second kappa shape index (κ2) is 10.7. The Morgan fingerprint density at radius 1 is 1.16 bits per heavy atom. The molecule has 1 fully saturated rings. The van der Waals surface area contributed by atoms with E-state index in [-0.39, 0.29) is 0 Å². The molecule has 0 saturated heterocycles. The van der Waals surface area contributed by atoms with E-state index in [1.807, 2.05) is 0 Å². The smallest absolute Gasteiger partial charge is 0.0590 e. The minimum absolute atomic E-state index is 0.513. The van der Waals surface area contributed by atoms with Crippen LogP contribution in [0, 0.1) is 5.92 Å². The number of rotatable bonds is 10. The van der Waals surface area contributed by atoms with E-state index < -0.39 is 0 Å². The third-order valence-corrected chi connectivity index (χ3v) is 4.42. The first-order valence-electron chi connectivity index (χ1n) is 8.65. The van der Waals surface area contributed by atoms with Crippen molar-refractivity contribution < 1.29 is 4.74 Å². The van der Waals surface area contributed by atoms with E-state index in [9.17, 15) is 0 Å². The summed E-state index contributed by atoms with van der Waals surface area (Å²) in [6.07, 6.45) is 12.2. The summed E-state index contributed by atoms with van der Waals surface area (Å²) in [7, 11) is 0. The monoisotopic (exact) mass is 269 g/mol. The Kier molecular flexibility index (Phi) is 9.54. The molecular weight excluding hydrogens is 234 g/mol. The maximum absolute atomic E-state index is 6.20. The molecule has 1 aliphatic rings. The fourth-order valence-corrected chi connectivity index (χ4v) is 3.00. The molecule has 1 saturated carbocycles. The van der Waals surface area contributed by atoms with E-state index in [1.54, 1.807) is 0 Å². The minimum atomic E-state index is 0.513. The summed E-state index contributed by atoms with van der Waals surface area (Å²) in [5.74, 6) is 0.781. The summed E-state index contributed by atoms with van der Waals surface area (Å²) in [4.78, 5) is 0. The largest absolute Gasteiger partial charge is 0.378 e. The molecule has 0 heterocycles. The van der Waals surface area contributed by atoms with E-state index in [4.69, 9.17) is 4.74 Å². The fraction of sp³-hybridized carbons (Fsp3) is 1.00. The van der Waals surface area contributed by atoms with Gasteiger partial charge in [-0.25, -0.2) is 0 Å². The highest BCUT2D eigenvalue weighted by Crippen LogP contribution is 2.23. The first-order chi connectivity index (χ1) is 9.30. The van der Waals surface area contributed by atoms with Crippen molar-refractivity contribution in [3.05, 3.63) is 0 Å². The molecule has 0 spiro atoms. The Balaban J connectivity index is 2.19. The van der Waals surface area contributed by atoms with Crippen LogP contribution >= 0.6 is 0 Å². The molecule has 0 aliphatic heterocycles. The van der Waals surface area contributed by atoms with Crippen molar-refractivity contribution in [3.8, 4) is 0 Å². The number of nitrogens with one attached hydrogen (secondary N) is 1. The van der Waals surface area contributed by atoms with Crippen molar-refractivity contribution in [3.63, 3.8) is 0 Å². The average molecular weight is 269 g/mol. The van der Waals surface area contributed by atoms with Gasteiger partial charge < -0.3 is 10.1 Å². The lowest BCUT2D eigenvalue weighted by Crippen LogP contribution is -2.37. The highest BCUT2D eigenvalue weighted by Gasteiger charge is 2.22. The van der Waals surface area contributed by atoms with Gasteiger partial charge in [0.15, 0.2) is 0 Å². The lowest BCUT2D eigenvalue weighted by atomic mass is 9.92. The van der Waals surface area contributed by atoms with Crippen LogP contribution in [0.5, 0.6) is 0 Å². The first-order valence-corrected chi connectivity index (χ1v) is 8.65. The molecule has 0 aromatic heterocycles. The zero-order chi connectivity index (χ0) is 13.9. The van der Waals surface area contributed by atoms with Gasteiger partial charge in [-0.05, 0) is 51.0 Å². The summed E-state index contributed by atoms with van der Waals surface area (Å²) in [5.41, 5.74) is 0. The summed E-state index contributed by atoms with van der Waals surface area (Å²) < 4.78 is 6.20. The quantitative estimate of drug-likeness (QED) is 0.629. The highest BCUT2D eigenvalue weighted by atomic mass is 16.5. The summed E-state index contributed by atoms with van der Waals surface area (Å²) in [6.45, 7) is 8.96. The van der Waals surface area contributed by atoms with Gasteiger partial charge in [-0.2, -0.15) is 0 Å². The Morgan fingerprint density at radius 3 is 2.68 bits per heavy atom. The molecule has 3 atom stereocenters. The molecule has 1 N–H and O–H groups in total.